The first-order chi connectivity index (χ1) is 10.8. The first-order valence-corrected chi connectivity index (χ1v) is 9.49. The predicted molar refractivity (Wildman–Crippen MR) is 85.1 cm³/mol. The fourth-order valence-corrected chi connectivity index (χ4v) is 5.06. The predicted octanol–water partition coefficient (Wildman–Crippen LogP) is 0.0261. The molecule has 130 valence electrons. The maximum atomic E-state index is 12.6. The molecule has 2 saturated heterocycles. The fourth-order valence-electron chi connectivity index (χ4n) is 3.38. The minimum atomic E-state index is -3.38. The van der Waals surface area contributed by atoms with Crippen LogP contribution < -0.4 is 0 Å². The SMILES string of the molecule is CC1=NO[C@](C)(C(=O)N2CCN(S(=O)(=O)N3CCCC3)CC2)C1. The average Bonchev–Trinajstić information content (AvgIpc) is 3.18. The number of rotatable bonds is 3. The molecule has 0 N–H and O–H groups in total. The van der Waals surface area contributed by atoms with Crippen molar-refractivity contribution in [3.63, 3.8) is 0 Å². The lowest BCUT2D eigenvalue weighted by molar-refractivity contribution is -0.154. The first kappa shape index (κ1) is 16.7. The van der Waals surface area contributed by atoms with E-state index in [1.807, 2.05) is 6.92 Å². The summed E-state index contributed by atoms with van der Waals surface area (Å²) in [5.41, 5.74) is -0.142. The van der Waals surface area contributed by atoms with Gasteiger partial charge in [0.25, 0.3) is 16.1 Å². The van der Waals surface area contributed by atoms with E-state index in [-0.39, 0.29) is 5.91 Å². The Labute approximate surface area is 137 Å². The third-order valence-corrected chi connectivity index (χ3v) is 6.73. The zero-order chi connectivity index (χ0) is 16.7. The number of carbonyl (C=O) groups is 1. The van der Waals surface area contributed by atoms with Gasteiger partial charge in [0, 0.05) is 45.7 Å². The number of nitrogens with zero attached hydrogens (tertiary/aromatic N) is 4. The van der Waals surface area contributed by atoms with Gasteiger partial charge >= 0.3 is 0 Å². The van der Waals surface area contributed by atoms with Crippen LogP contribution in [0.2, 0.25) is 0 Å². The molecule has 0 aromatic heterocycles. The smallest absolute Gasteiger partial charge is 0.282 e. The Morgan fingerprint density at radius 2 is 1.65 bits per heavy atom. The van der Waals surface area contributed by atoms with Crippen LogP contribution in [-0.4, -0.2) is 78.4 Å². The standard InChI is InChI=1S/C14H24N4O4S/c1-12-11-14(2,22-15-12)13(19)16-7-9-18(10-8-16)23(20,21)17-5-3-4-6-17/h3-11H2,1-2H3/t14-/m0/s1. The van der Waals surface area contributed by atoms with Gasteiger partial charge in [0.2, 0.25) is 5.60 Å². The number of piperazine rings is 1. The van der Waals surface area contributed by atoms with Crippen molar-refractivity contribution >= 4 is 21.8 Å². The third-order valence-electron chi connectivity index (χ3n) is 4.69. The van der Waals surface area contributed by atoms with Gasteiger partial charge in [-0.25, -0.2) is 0 Å². The van der Waals surface area contributed by atoms with Gasteiger partial charge in [-0.15, -0.1) is 0 Å². The van der Waals surface area contributed by atoms with Gasteiger partial charge in [0.15, 0.2) is 0 Å². The molecule has 1 amide bonds. The second-order valence-electron chi connectivity index (χ2n) is 6.63. The second-order valence-corrected chi connectivity index (χ2v) is 8.56. The van der Waals surface area contributed by atoms with Gasteiger partial charge in [-0.2, -0.15) is 17.0 Å². The molecule has 0 aliphatic carbocycles. The lowest BCUT2D eigenvalue weighted by atomic mass is 9.98. The first-order valence-electron chi connectivity index (χ1n) is 8.09. The van der Waals surface area contributed by atoms with E-state index in [9.17, 15) is 13.2 Å². The summed E-state index contributed by atoms with van der Waals surface area (Å²) in [4.78, 5) is 19.6. The van der Waals surface area contributed by atoms with Crippen molar-refractivity contribution in [3.8, 4) is 0 Å². The van der Waals surface area contributed by atoms with E-state index in [0.29, 0.717) is 45.7 Å². The Bertz CT molecular complexity index is 606. The van der Waals surface area contributed by atoms with Gasteiger partial charge in [0.05, 0.1) is 5.71 Å². The maximum Gasteiger partial charge on any atom is 0.282 e. The third kappa shape index (κ3) is 3.09. The molecular formula is C14H24N4O4S. The molecule has 8 nitrogen and oxygen atoms in total. The van der Waals surface area contributed by atoms with Crippen LogP contribution in [0.4, 0.5) is 0 Å². The molecule has 3 aliphatic heterocycles. The van der Waals surface area contributed by atoms with Gasteiger partial charge in [-0.05, 0) is 26.7 Å². The number of carbonyl (C=O) groups excluding carboxylic acids is 1. The minimum Gasteiger partial charge on any atom is -0.379 e. The van der Waals surface area contributed by atoms with Crippen molar-refractivity contribution < 1.29 is 18.0 Å². The molecule has 0 bridgehead atoms. The van der Waals surface area contributed by atoms with Gasteiger partial charge in [-0.1, -0.05) is 5.16 Å². The van der Waals surface area contributed by atoms with E-state index in [0.717, 1.165) is 18.6 Å². The van der Waals surface area contributed by atoms with E-state index in [4.69, 9.17) is 4.84 Å². The summed E-state index contributed by atoms with van der Waals surface area (Å²) < 4.78 is 28.1. The highest BCUT2D eigenvalue weighted by Crippen LogP contribution is 2.27. The van der Waals surface area contributed by atoms with Gasteiger partial charge in [-0.3, -0.25) is 4.79 Å². The summed E-state index contributed by atoms with van der Waals surface area (Å²) in [6.45, 7) is 6.23. The van der Waals surface area contributed by atoms with Crippen LogP contribution in [0, 0.1) is 0 Å². The number of hydrogen-bond acceptors (Lipinski definition) is 5. The molecule has 3 aliphatic rings. The molecule has 0 aromatic carbocycles. The molecule has 2 fully saturated rings. The highest BCUT2D eigenvalue weighted by Gasteiger charge is 2.45. The van der Waals surface area contributed by atoms with E-state index < -0.39 is 15.8 Å². The van der Waals surface area contributed by atoms with Crippen molar-refractivity contribution in [2.75, 3.05) is 39.3 Å². The molecule has 9 heteroatoms. The summed E-state index contributed by atoms with van der Waals surface area (Å²) in [5, 5.41) is 3.87. The molecule has 0 saturated carbocycles. The number of amides is 1. The molecule has 0 aromatic rings. The molecule has 0 radical (unpaired) electrons. The lowest BCUT2D eigenvalue weighted by Gasteiger charge is -2.38. The number of hydrogen-bond donors (Lipinski definition) is 0. The zero-order valence-corrected chi connectivity index (χ0v) is 14.5. The van der Waals surface area contributed by atoms with Crippen LogP contribution in [0.1, 0.15) is 33.1 Å². The Morgan fingerprint density at radius 1 is 1.09 bits per heavy atom. The average molecular weight is 344 g/mol. The van der Waals surface area contributed by atoms with Crippen molar-refractivity contribution in [3.05, 3.63) is 0 Å². The lowest BCUT2D eigenvalue weighted by Crippen LogP contribution is -2.57. The molecule has 3 heterocycles. The summed E-state index contributed by atoms with van der Waals surface area (Å²) in [6.07, 6.45) is 2.33. The van der Waals surface area contributed by atoms with E-state index in [2.05, 4.69) is 5.16 Å². The molecular weight excluding hydrogens is 320 g/mol. The highest BCUT2D eigenvalue weighted by molar-refractivity contribution is 7.86. The molecule has 0 spiro atoms. The van der Waals surface area contributed by atoms with E-state index in [1.54, 1.807) is 16.1 Å². The Hall–Kier alpha value is -1.19. The van der Waals surface area contributed by atoms with Crippen LogP contribution in [0.5, 0.6) is 0 Å². The van der Waals surface area contributed by atoms with Crippen LogP contribution in [0.3, 0.4) is 0 Å². The summed E-state index contributed by atoms with van der Waals surface area (Å²) >= 11 is 0. The van der Waals surface area contributed by atoms with Crippen LogP contribution in [0.25, 0.3) is 0 Å². The van der Waals surface area contributed by atoms with Gasteiger partial charge < -0.3 is 9.74 Å². The molecule has 23 heavy (non-hydrogen) atoms. The summed E-state index contributed by atoms with van der Waals surface area (Å²) in [5.74, 6) is -0.115. The minimum absolute atomic E-state index is 0.115. The van der Waals surface area contributed by atoms with Crippen molar-refractivity contribution in [1.29, 1.82) is 0 Å². The topological polar surface area (TPSA) is 82.5 Å². The molecule has 1 atom stereocenters. The van der Waals surface area contributed by atoms with Crippen LogP contribution in [0.15, 0.2) is 5.16 Å². The highest BCUT2D eigenvalue weighted by atomic mass is 32.2. The normalized spacial score (nSPS) is 30.3. The second kappa shape index (κ2) is 6.03. The van der Waals surface area contributed by atoms with E-state index >= 15 is 0 Å². The quantitative estimate of drug-likeness (QED) is 0.723. The Morgan fingerprint density at radius 3 is 2.17 bits per heavy atom. The van der Waals surface area contributed by atoms with Crippen molar-refractivity contribution in [2.24, 2.45) is 5.16 Å². The maximum absolute atomic E-state index is 12.6. The number of oxime groups is 1. The molecule has 0 unspecified atom stereocenters. The Balaban J connectivity index is 1.59. The van der Waals surface area contributed by atoms with E-state index in [1.165, 1.54) is 4.31 Å². The fraction of sp³-hybridized carbons (Fsp3) is 0.857. The monoisotopic (exact) mass is 344 g/mol. The van der Waals surface area contributed by atoms with Crippen molar-refractivity contribution in [2.45, 2.75) is 38.7 Å². The Kier molecular flexibility index (Phi) is 4.37. The van der Waals surface area contributed by atoms with Gasteiger partial charge in [0.1, 0.15) is 0 Å². The largest absolute Gasteiger partial charge is 0.379 e. The van der Waals surface area contributed by atoms with Crippen molar-refractivity contribution in [1.82, 2.24) is 13.5 Å². The zero-order valence-electron chi connectivity index (χ0n) is 13.7. The summed E-state index contributed by atoms with van der Waals surface area (Å²) in [6, 6.07) is 0. The van der Waals surface area contributed by atoms with Crippen LogP contribution in [-0.2, 0) is 19.8 Å². The van der Waals surface area contributed by atoms with Crippen LogP contribution >= 0.6 is 0 Å². The summed E-state index contributed by atoms with van der Waals surface area (Å²) in [7, 11) is -3.38. The molecule has 3 rings (SSSR count).